The summed E-state index contributed by atoms with van der Waals surface area (Å²) in [5.41, 5.74) is 0. The van der Waals surface area contributed by atoms with E-state index in [1.54, 1.807) is 0 Å². The zero-order valence-electron chi connectivity index (χ0n) is 7.63. The van der Waals surface area contributed by atoms with Crippen molar-refractivity contribution in [3.05, 3.63) is 0 Å². The van der Waals surface area contributed by atoms with E-state index in [0.29, 0.717) is 0 Å². The molecule has 0 saturated carbocycles. The molecule has 0 aliphatic rings. The van der Waals surface area contributed by atoms with Crippen molar-refractivity contribution >= 4 is 9.84 Å². The second kappa shape index (κ2) is 3.65. The summed E-state index contributed by atoms with van der Waals surface area (Å²) < 4.78 is 129. The largest absolute Gasteiger partial charge is 0.460 e. The quantitative estimate of drug-likeness (QED) is 0.750. The Morgan fingerprint density at radius 3 is 1.18 bits per heavy atom. The first-order valence-corrected chi connectivity index (χ1v) is 5.29. The van der Waals surface area contributed by atoms with E-state index >= 15 is 0 Å². The highest BCUT2D eigenvalue weighted by molar-refractivity contribution is 7.91. The van der Waals surface area contributed by atoms with E-state index < -0.39 is 39.4 Å². The van der Waals surface area contributed by atoms with Gasteiger partial charge in [-0.1, -0.05) is 0 Å². The standard InChI is InChI=1S/C5H3F9O2S/c1-17(15,16)5(13,14)3(8,9)2(6,7)4(10,11)12/h1H3. The summed E-state index contributed by atoms with van der Waals surface area (Å²) >= 11 is 0. The molecule has 0 aromatic carbocycles. The van der Waals surface area contributed by atoms with Crippen molar-refractivity contribution in [3.8, 4) is 0 Å². The van der Waals surface area contributed by atoms with Crippen molar-refractivity contribution in [3.63, 3.8) is 0 Å². The lowest BCUT2D eigenvalue weighted by molar-refractivity contribution is -0.382. The van der Waals surface area contributed by atoms with Crippen LogP contribution in [0.3, 0.4) is 0 Å². The molecule has 17 heavy (non-hydrogen) atoms. The molecule has 0 fully saturated rings. The van der Waals surface area contributed by atoms with Gasteiger partial charge in [-0.3, -0.25) is 0 Å². The Balaban J connectivity index is 5.91. The summed E-state index contributed by atoms with van der Waals surface area (Å²) in [7, 11) is -6.17. The average molecular weight is 298 g/mol. The van der Waals surface area contributed by atoms with Crippen LogP contribution in [0, 0.1) is 0 Å². The van der Waals surface area contributed by atoms with Crippen LogP contribution >= 0.6 is 0 Å². The second-order valence-corrected chi connectivity index (χ2v) is 4.99. The van der Waals surface area contributed by atoms with Gasteiger partial charge in [0.05, 0.1) is 0 Å². The average Bonchev–Trinajstić information content (AvgIpc) is 1.98. The third-order valence-electron chi connectivity index (χ3n) is 1.58. The lowest BCUT2D eigenvalue weighted by atomic mass is 10.1. The number of alkyl halides is 9. The topological polar surface area (TPSA) is 34.1 Å². The Kier molecular flexibility index (Phi) is 3.51. The first-order chi connectivity index (χ1) is 7.00. The fourth-order valence-electron chi connectivity index (χ4n) is 0.594. The predicted molar refractivity (Wildman–Crippen MR) is 35.7 cm³/mol. The molecular formula is C5H3F9O2S. The van der Waals surface area contributed by atoms with Gasteiger partial charge in [-0.05, 0) is 0 Å². The fraction of sp³-hybridized carbons (Fsp3) is 1.00. The molecule has 0 spiro atoms. The van der Waals surface area contributed by atoms with Crippen LogP contribution in [0.25, 0.3) is 0 Å². The van der Waals surface area contributed by atoms with E-state index in [0.717, 1.165) is 0 Å². The molecule has 0 amide bonds. The van der Waals surface area contributed by atoms with Crippen LogP contribution in [0.4, 0.5) is 39.5 Å². The maximum absolute atomic E-state index is 12.4. The van der Waals surface area contributed by atoms with Crippen molar-refractivity contribution in [1.82, 2.24) is 0 Å². The highest BCUT2D eigenvalue weighted by Crippen LogP contribution is 2.54. The van der Waals surface area contributed by atoms with E-state index in [1.165, 1.54) is 0 Å². The lowest BCUT2D eigenvalue weighted by Gasteiger charge is -2.32. The van der Waals surface area contributed by atoms with Gasteiger partial charge in [0.25, 0.3) is 0 Å². The van der Waals surface area contributed by atoms with E-state index in [-0.39, 0.29) is 0 Å². The minimum atomic E-state index is -7.19. The third-order valence-corrected chi connectivity index (χ3v) is 2.77. The first kappa shape index (κ1) is 16.3. The minimum absolute atomic E-state index is 0.590. The molecule has 0 bridgehead atoms. The zero-order valence-corrected chi connectivity index (χ0v) is 8.44. The minimum Gasteiger partial charge on any atom is -0.223 e. The molecule has 0 aromatic rings. The Labute approximate surface area is 88.3 Å². The smallest absolute Gasteiger partial charge is 0.223 e. The molecule has 0 aromatic heterocycles. The molecule has 12 heteroatoms. The SMILES string of the molecule is CS(=O)(=O)C(F)(F)C(F)(F)C(F)(F)C(F)(F)F. The highest BCUT2D eigenvalue weighted by Gasteiger charge is 2.84. The first-order valence-electron chi connectivity index (χ1n) is 3.40. The Bertz CT molecular complexity index is 392. The fourth-order valence-corrected chi connectivity index (χ4v) is 1.19. The molecule has 0 aliphatic carbocycles. The van der Waals surface area contributed by atoms with Gasteiger partial charge < -0.3 is 0 Å². The Morgan fingerprint density at radius 1 is 0.706 bits per heavy atom. The van der Waals surface area contributed by atoms with Gasteiger partial charge in [0.1, 0.15) is 0 Å². The van der Waals surface area contributed by atoms with Gasteiger partial charge in [0.2, 0.25) is 9.84 Å². The monoisotopic (exact) mass is 298 g/mol. The lowest BCUT2D eigenvalue weighted by Crippen LogP contribution is -2.63. The van der Waals surface area contributed by atoms with Gasteiger partial charge in [-0.15, -0.1) is 0 Å². The van der Waals surface area contributed by atoms with Gasteiger partial charge in [0, 0.05) is 6.26 Å². The third kappa shape index (κ3) is 2.18. The van der Waals surface area contributed by atoms with Crippen LogP contribution in [-0.2, 0) is 9.84 Å². The van der Waals surface area contributed by atoms with Crippen LogP contribution in [0.5, 0.6) is 0 Å². The van der Waals surface area contributed by atoms with Crippen LogP contribution in [0.2, 0.25) is 0 Å². The molecule has 0 aliphatic heterocycles. The molecule has 0 saturated heterocycles. The summed E-state index contributed by atoms with van der Waals surface area (Å²) in [6, 6.07) is 0. The van der Waals surface area contributed by atoms with Crippen molar-refractivity contribution in [1.29, 1.82) is 0 Å². The highest BCUT2D eigenvalue weighted by atomic mass is 32.2. The van der Waals surface area contributed by atoms with Crippen LogP contribution < -0.4 is 0 Å². The van der Waals surface area contributed by atoms with Gasteiger partial charge in [0.15, 0.2) is 0 Å². The van der Waals surface area contributed by atoms with Crippen LogP contribution in [-0.4, -0.2) is 37.9 Å². The normalized spacial score (nSPS) is 16.1. The number of hydrogen-bond acceptors (Lipinski definition) is 2. The van der Waals surface area contributed by atoms with Gasteiger partial charge in [-0.25, -0.2) is 8.42 Å². The van der Waals surface area contributed by atoms with E-state index in [2.05, 4.69) is 0 Å². The maximum Gasteiger partial charge on any atom is 0.460 e. The van der Waals surface area contributed by atoms with Gasteiger partial charge in [-0.2, -0.15) is 39.5 Å². The maximum atomic E-state index is 12.4. The Morgan fingerprint density at radius 2 is 1.00 bits per heavy atom. The molecular weight excluding hydrogens is 295 g/mol. The van der Waals surface area contributed by atoms with Gasteiger partial charge >= 0.3 is 23.3 Å². The molecule has 0 rings (SSSR count). The summed E-state index contributed by atoms with van der Waals surface area (Å²) in [5.74, 6) is -14.3. The number of halogens is 9. The predicted octanol–water partition coefficient (Wildman–Crippen LogP) is 2.46. The second-order valence-electron chi connectivity index (χ2n) is 2.94. The zero-order chi connectivity index (χ0) is 14.5. The van der Waals surface area contributed by atoms with Crippen LogP contribution in [0.1, 0.15) is 0 Å². The molecule has 0 N–H and O–H groups in total. The molecule has 0 atom stereocenters. The molecule has 0 radical (unpaired) electrons. The summed E-state index contributed by atoms with van der Waals surface area (Å²) in [5, 5.41) is -6.56. The summed E-state index contributed by atoms with van der Waals surface area (Å²) in [4.78, 5) is 0. The van der Waals surface area contributed by atoms with Crippen LogP contribution in [0.15, 0.2) is 0 Å². The molecule has 0 heterocycles. The molecule has 104 valence electrons. The van der Waals surface area contributed by atoms with Crippen molar-refractivity contribution in [2.75, 3.05) is 6.26 Å². The number of hydrogen-bond donors (Lipinski definition) is 0. The number of rotatable bonds is 3. The summed E-state index contributed by atoms with van der Waals surface area (Å²) in [6.45, 7) is 0. The van der Waals surface area contributed by atoms with Crippen molar-refractivity contribution in [2.24, 2.45) is 0 Å². The van der Waals surface area contributed by atoms with Crippen molar-refractivity contribution in [2.45, 2.75) is 23.3 Å². The van der Waals surface area contributed by atoms with Crippen molar-refractivity contribution < 1.29 is 47.9 Å². The number of sulfone groups is 1. The van der Waals surface area contributed by atoms with E-state index in [1.807, 2.05) is 0 Å². The molecule has 0 unspecified atom stereocenters. The summed E-state index contributed by atoms with van der Waals surface area (Å²) in [6.07, 6.45) is -7.61. The Hall–Kier alpha value is -0.680. The van der Waals surface area contributed by atoms with E-state index in [4.69, 9.17) is 0 Å². The van der Waals surface area contributed by atoms with E-state index in [9.17, 15) is 47.9 Å². The molecule has 2 nitrogen and oxygen atoms in total.